The lowest BCUT2D eigenvalue weighted by atomic mass is 10.7. The Morgan fingerprint density at radius 2 is 2.86 bits per heavy atom. The fourth-order valence-electron chi connectivity index (χ4n) is 0.302. The molecule has 0 radical (unpaired) electrons. The van der Waals surface area contributed by atoms with Gasteiger partial charge >= 0.3 is 0 Å². The second-order valence-electron chi connectivity index (χ2n) is 1.04. The number of aliphatic imine (C=N–C) groups is 1. The first-order valence-electron chi connectivity index (χ1n) is 1.81. The van der Waals surface area contributed by atoms with Crippen molar-refractivity contribution in [3.63, 3.8) is 0 Å². The van der Waals surface area contributed by atoms with Gasteiger partial charge in [-0.1, -0.05) is 0 Å². The Hall–Kier alpha value is -0.510. The van der Waals surface area contributed by atoms with Gasteiger partial charge in [0.05, 0.1) is 0 Å². The first-order chi connectivity index (χ1) is 3.43. The smallest absolute Gasteiger partial charge is 0.185 e. The molecule has 1 aliphatic heterocycles. The Morgan fingerprint density at radius 1 is 2.00 bits per heavy atom. The molecule has 1 heterocycles. The van der Waals surface area contributed by atoms with E-state index in [1.165, 1.54) is 11.9 Å². The minimum Gasteiger partial charge on any atom is -0.310 e. The van der Waals surface area contributed by atoms with E-state index in [2.05, 4.69) is 9.71 Å². The molecule has 0 aliphatic carbocycles. The van der Waals surface area contributed by atoms with Crippen LogP contribution in [-0.2, 0) is 4.79 Å². The number of rotatable bonds is 1. The van der Waals surface area contributed by atoms with Crippen molar-refractivity contribution in [3.05, 3.63) is 0 Å². The van der Waals surface area contributed by atoms with E-state index in [4.69, 9.17) is 0 Å². The number of amidine groups is 1. The number of hydrogen-bond acceptors (Lipinski definition) is 4. The van der Waals surface area contributed by atoms with E-state index in [9.17, 15) is 4.79 Å². The second-order valence-corrected chi connectivity index (χ2v) is 1.79. The first kappa shape index (κ1) is 4.64. The highest BCUT2D eigenvalue weighted by Crippen LogP contribution is 1.99. The number of carbonyl (C=O) groups excluding carboxylic acids is 1. The van der Waals surface area contributed by atoms with Crippen LogP contribution in [0.4, 0.5) is 0 Å². The van der Waals surface area contributed by atoms with Crippen molar-refractivity contribution in [1.29, 1.82) is 0 Å². The monoisotopic (exact) mass is 116 g/mol. The number of aldehydes is 1. The zero-order chi connectivity index (χ0) is 5.11. The van der Waals surface area contributed by atoms with Gasteiger partial charge in [-0.15, -0.1) is 0 Å². The molecule has 38 valence electrons. The standard InChI is InChI=1S/C3H4N2OS/c6-1-3-4-2-7-5-3/h1H,2H2,(H,4,5). The lowest BCUT2D eigenvalue weighted by Crippen LogP contribution is -2.10. The topological polar surface area (TPSA) is 41.5 Å². The summed E-state index contributed by atoms with van der Waals surface area (Å²) in [7, 11) is 0. The number of hydrogen-bond donors (Lipinski definition) is 1. The fraction of sp³-hybridized carbons (Fsp3) is 0.333. The molecule has 1 aliphatic rings. The van der Waals surface area contributed by atoms with Gasteiger partial charge in [-0.2, -0.15) is 0 Å². The molecular weight excluding hydrogens is 112 g/mol. The van der Waals surface area contributed by atoms with E-state index < -0.39 is 0 Å². The molecule has 0 atom stereocenters. The predicted molar refractivity (Wildman–Crippen MR) is 29.1 cm³/mol. The third-order valence-corrected chi connectivity index (χ3v) is 1.20. The molecule has 4 heteroatoms. The van der Waals surface area contributed by atoms with E-state index >= 15 is 0 Å². The Balaban J connectivity index is 2.51. The van der Waals surface area contributed by atoms with Gasteiger partial charge in [0.15, 0.2) is 12.1 Å². The Labute approximate surface area is 45.3 Å². The summed E-state index contributed by atoms with van der Waals surface area (Å²) in [5, 5.41) is 0. The van der Waals surface area contributed by atoms with E-state index in [1.54, 1.807) is 0 Å². The molecular formula is C3H4N2OS. The van der Waals surface area contributed by atoms with Gasteiger partial charge < -0.3 is 4.72 Å². The van der Waals surface area contributed by atoms with Crippen LogP contribution in [0, 0.1) is 0 Å². The molecule has 7 heavy (non-hydrogen) atoms. The van der Waals surface area contributed by atoms with Crippen LogP contribution in [-0.4, -0.2) is 18.0 Å². The zero-order valence-electron chi connectivity index (χ0n) is 3.55. The van der Waals surface area contributed by atoms with Crippen molar-refractivity contribution in [1.82, 2.24) is 4.72 Å². The molecule has 0 aromatic heterocycles. The van der Waals surface area contributed by atoms with Crippen molar-refractivity contribution in [3.8, 4) is 0 Å². The zero-order valence-corrected chi connectivity index (χ0v) is 4.36. The van der Waals surface area contributed by atoms with Crippen molar-refractivity contribution in [2.24, 2.45) is 4.99 Å². The maximum atomic E-state index is 9.80. The summed E-state index contributed by atoms with van der Waals surface area (Å²) in [4.78, 5) is 13.6. The molecule has 0 saturated heterocycles. The predicted octanol–water partition coefficient (Wildman–Crippen LogP) is -0.207. The lowest BCUT2D eigenvalue weighted by Gasteiger charge is -1.82. The summed E-state index contributed by atoms with van der Waals surface area (Å²) < 4.78 is 2.70. The lowest BCUT2D eigenvalue weighted by molar-refractivity contribution is -0.102. The van der Waals surface area contributed by atoms with Crippen molar-refractivity contribution >= 4 is 24.1 Å². The first-order valence-corrected chi connectivity index (χ1v) is 2.79. The van der Waals surface area contributed by atoms with Crippen molar-refractivity contribution < 1.29 is 4.79 Å². The van der Waals surface area contributed by atoms with Gasteiger partial charge in [-0.05, 0) is 11.9 Å². The Kier molecular flexibility index (Phi) is 1.31. The third-order valence-electron chi connectivity index (χ3n) is 0.588. The number of nitrogens with one attached hydrogen (secondary N) is 1. The molecule has 0 amide bonds. The molecule has 0 unspecified atom stereocenters. The maximum absolute atomic E-state index is 9.80. The fourth-order valence-corrected chi connectivity index (χ4v) is 0.830. The summed E-state index contributed by atoms with van der Waals surface area (Å²) in [6.07, 6.45) is 0.708. The average molecular weight is 116 g/mol. The molecule has 0 aromatic carbocycles. The van der Waals surface area contributed by atoms with Crippen LogP contribution in [0.3, 0.4) is 0 Å². The van der Waals surface area contributed by atoms with Gasteiger partial charge in [0.1, 0.15) is 5.88 Å². The molecule has 0 saturated carbocycles. The molecule has 0 bridgehead atoms. The maximum Gasteiger partial charge on any atom is 0.185 e. The average Bonchev–Trinajstić information content (AvgIpc) is 2.14. The number of carbonyl (C=O) groups is 1. The minimum atomic E-state index is 0.449. The molecule has 1 rings (SSSR count). The van der Waals surface area contributed by atoms with Crippen LogP contribution in [0.2, 0.25) is 0 Å². The van der Waals surface area contributed by atoms with Gasteiger partial charge in [0.25, 0.3) is 0 Å². The van der Waals surface area contributed by atoms with Crippen LogP contribution in [0.5, 0.6) is 0 Å². The summed E-state index contributed by atoms with van der Waals surface area (Å²) >= 11 is 1.42. The van der Waals surface area contributed by atoms with Crippen LogP contribution in [0.25, 0.3) is 0 Å². The van der Waals surface area contributed by atoms with Crippen LogP contribution in [0.1, 0.15) is 0 Å². The van der Waals surface area contributed by atoms with E-state index in [-0.39, 0.29) is 0 Å². The quantitative estimate of drug-likeness (QED) is 0.381. The van der Waals surface area contributed by atoms with Crippen LogP contribution in [0.15, 0.2) is 4.99 Å². The highest BCUT2D eigenvalue weighted by atomic mass is 32.2. The van der Waals surface area contributed by atoms with Crippen molar-refractivity contribution in [2.45, 2.75) is 0 Å². The SMILES string of the molecule is O=CC1=NCSN1. The van der Waals surface area contributed by atoms with E-state index in [0.717, 1.165) is 0 Å². The summed E-state index contributed by atoms with van der Waals surface area (Å²) in [6, 6.07) is 0. The molecule has 0 aromatic rings. The molecule has 0 spiro atoms. The second kappa shape index (κ2) is 1.97. The summed E-state index contributed by atoms with van der Waals surface area (Å²) in [5.41, 5.74) is 0. The van der Waals surface area contributed by atoms with Gasteiger partial charge in [0.2, 0.25) is 0 Å². The number of nitrogens with zero attached hydrogens (tertiary/aromatic N) is 1. The van der Waals surface area contributed by atoms with Crippen LogP contribution < -0.4 is 4.72 Å². The largest absolute Gasteiger partial charge is 0.310 e. The molecule has 0 fully saturated rings. The Morgan fingerprint density at radius 3 is 3.14 bits per heavy atom. The molecule has 3 nitrogen and oxygen atoms in total. The normalized spacial score (nSPS) is 18.0. The molecule has 1 N–H and O–H groups in total. The van der Waals surface area contributed by atoms with E-state index in [1.807, 2.05) is 0 Å². The van der Waals surface area contributed by atoms with Gasteiger partial charge in [0, 0.05) is 0 Å². The highest BCUT2D eigenvalue weighted by Gasteiger charge is 2.00. The minimum absolute atomic E-state index is 0.449. The Bertz CT molecular complexity index is 112. The third kappa shape index (κ3) is 0.928. The van der Waals surface area contributed by atoms with Crippen LogP contribution >= 0.6 is 11.9 Å². The summed E-state index contributed by atoms with van der Waals surface area (Å²) in [5.74, 6) is 1.11. The summed E-state index contributed by atoms with van der Waals surface area (Å²) in [6.45, 7) is 0. The van der Waals surface area contributed by atoms with E-state index in [0.29, 0.717) is 18.0 Å². The van der Waals surface area contributed by atoms with Gasteiger partial charge in [-0.25, -0.2) is 0 Å². The van der Waals surface area contributed by atoms with Crippen molar-refractivity contribution in [2.75, 3.05) is 5.88 Å². The highest BCUT2D eigenvalue weighted by molar-refractivity contribution is 7.98. The van der Waals surface area contributed by atoms with Gasteiger partial charge in [-0.3, -0.25) is 9.79 Å².